The Morgan fingerprint density at radius 2 is 1.81 bits per heavy atom. The van der Waals surface area contributed by atoms with Gasteiger partial charge < -0.3 is 15.1 Å². The Labute approximate surface area is 158 Å². The van der Waals surface area contributed by atoms with Crippen LogP contribution in [0.1, 0.15) is 20.8 Å². The zero-order valence-electron chi connectivity index (χ0n) is 15.1. The zero-order chi connectivity index (χ0) is 17.7. The number of rotatable bonds is 3. The van der Waals surface area contributed by atoms with Gasteiger partial charge in [-0.15, -0.1) is 11.3 Å². The molecule has 5 heteroatoms. The predicted molar refractivity (Wildman–Crippen MR) is 105 cm³/mol. The molecule has 0 spiro atoms. The van der Waals surface area contributed by atoms with Gasteiger partial charge in [-0.25, -0.2) is 0 Å². The van der Waals surface area contributed by atoms with Crippen LogP contribution in [0.2, 0.25) is 0 Å². The summed E-state index contributed by atoms with van der Waals surface area (Å²) >= 11 is 1.55. The lowest BCUT2D eigenvalue weighted by molar-refractivity contribution is 0.0181. The average Bonchev–Trinajstić information content (AvgIpc) is 2.92. The van der Waals surface area contributed by atoms with Crippen molar-refractivity contribution in [1.29, 1.82) is 0 Å². The van der Waals surface area contributed by atoms with Gasteiger partial charge in [-0.2, -0.15) is 0 Å². The number of carbonyl (C=O) groups is 1. The highest BCUT2D eigenvalue weighted by Gasteiger charge is 2.55. The number of nitrogens with one attached hydrogen (secondary N) is 1. The number of benzene rings is 1. The fourth-order valence-electron chi connectivity index (χ4n) is 5.38. The number of thiophene rings is 1. The Morgan fingerprint density at radius 3 is 2.42 bits per heavy atom. The summed E-state index contributed by atoms with van der Waals surface area (Å²) in [5.41, 5.74) is 2.43. The second-order valence-corrected chi connectivity index (χ2v) is 9.05. The summed E-state index contributed by atoms with van der Waals surface area (Å²) in [6, 6.07) is 13.1. The quantitative estimate of drug-likeness (QED) is 0.905. The summed E-state index contributed by atoms with van der Waals surface area (Å²) in [6.07, 6.45) is 0. The van der Waals surface area contributed by atoms with Crippen molar-refractivity contribution in [3.05, 3.63) is 57.8 Å². The summed E-state index contributed by atoms with van der Waals surface area (Å²) < 4.78 is 0. The molecule has 4 aliphatic heterocycles. The largest absolute Gasteiger partial charge is 0.347 e. The lowest BCUT2D eigenvalue weighted by atomic mass is 9.64. The van der Waals surface area contributed by atoms with E-state index in [0.717, 1.165) is 49.7 Å². The van der Waals surface area contributed by atoms with E-state index >= 15 is 0 Å². The Hall–Kier alpha value is -1.69. The molecule has 4 saturated heterocycles. The molecule has 4 nitrogen and oxygen atoms in total. The van der Waals surface area contributed by atoms with E-state index in [1.165, 1.54) is 5.56 Å². The lowest BCUT2D eigenvalue weighted by Gasteiger charge is -2.55. The van der Waals surface area contributed by atoms with Crippen LogP contribution < -0.4 is 5.32 Å². The molecule has 0 aliphatic carbocycles. The Bertz CT molecular complexity index is 802. The topological polar surface area (TPSA) is 35.6 Å². The van der Waals surface area contributed by atoms with Crippen molar-refractivity contribution in [2.45, 2.75) is 18.4 Å². The molecule has 4 aliphatic rings. The summed E-state index contributed by atoms with van der Waals surface area (Å²) in [5.74, 6) is 0.596. The second kappa shape index (κ2) is 6.19. The molecule has 136 valence electrons. The summed E-state index contributed by atoms with van der Waals surface area (Å²) in [4.78, 5) is 19.1. The van der Waals surface area contributed by atoms with Gasteiger partial charge in [0.05, 0.1) is 4.88 Å². The summed E-state index contributed by atoms with van der Waals surface area (Å²) in [6.45, 7) is 8.60. The first-order valence-electron chi connectivity index (χ1n) is 9.51. The molecule has 3 unspecified atom stereocenters. The van der Waals surface area contributed by atoms with E-state index in [9.17, 15) is 4.79 Å². The van der Waals surface area contributed by atoms with Crippen LogP contribution in [-0.2, 0) is 5.41 Å². The van der Waals surface area contributed by atoms with Crippen LogP contribution in [0.5, 0.6) is 0 Å². The van der Waals surface area contributed by atoms with E-state index in [0.29, 0.717) is 5.92 Å². The number of nitrogens with zero attached hydrogens (tertiary/aromatic N) is 2. The summed E-state index contributed by atoms with van der Waals surface area (Å²) in [7, 11) is 0. The maximum Gasteiger partial charge on any atom is 0.261 e. The first kappa shape index (κ1) is 16.5. The normalized spacial score (nSPS) is 35.3. The van der Waals surface area contributed by atoms with Gasteiger partial charge >= 0.3 is 0 Å². The monoisotopic (exact) mass is 367 g/mol. The van der Waals surface area contributed by atoms with Crippen molar-refractivity contribution in [1.82, 2.24) is 15.1 Å². The van der Waals surface area contributed by atoms with Gasteiger partial charge in [-0.1, -0.05) is 30.3 Å². The van der Waals surface area contributed by atoms with Gasteiger partial charge in [0.15, 0.2) is 0 Å². The van der Waals surface area contributed by atoms with Crippen LogP contribution >= 0.6 is 11.3 Å². The number of hydrogen-bond donors (Lipinski definition) is 1. The molecule has 1 aromatic carbocycles. The number of carbonyl (C=O) groups excluding carboxylic acids is 1. The van der Waals surface area contributed by atoms with E-state index in [-0.39, 0.29) is 17.4 Å². The molecule has 0 saturated carbocycles. The summed E-state index contributed by atoms with van der Waals surface area (Å²) in [5, 5.41) is 5.50. The van der Waals surface area contributed by atoms with Gasteiger partial charge in [0.25, 0.3) is 5.91 Å². The lowest BCUT2D eigenvalue weighted by Crippen LogP contribution is -2.70. The second-order valence-electron chi connectivity index (χ2n) is 8.14. The van der Waals surface area contributed by atoms with E-state index in [4.69, 9.17) is 0 Å². The van der Waals surface area contributed by atoms with Crippen LogP contribution in [0.25, 0.3) is 0 Å². The average molecular weight is 368 g/mol. The van der Waals surface area contributed by atoms with E-state index < -0.39 is 0 Å². The number of amides is 1. The molecule has 1 aromatic heterocycles. The fraction of sp³-hybridized carbons (Fsp3) is 0.476. The molecule has 26 heavy (non-hydrogen) atoms. The maximum atomic E-state index is 13.1. The highest BCUT2D eigenvalue weighted by molar-refractivity contribution is 7.12. The van der Waals surface area contributed by atoms with Gasteiger partial charge in [-0.05, 0) is 29.5 Å². The van der Waals surface area contributed by atoms with E-state index in [1.54, 1.807) is 11.3 Å². The SMILES string of the molecule is Cc1ccsc1C(=O)NC1C2CN3CCN(C2)CC1(c1ccccc1)C3. The molecule has 3 atom stereocenters. The first-order chi connectivity index (χ1) is 12.7. The van der Waals surface area contributed by atoms with Crippen molar-refractivity contribution in [2.24, 2.45) is 5.92 Å². The third-order valence-corrected chi connectivity index (χ3v) is 7.51. The van der Waals surface area contributed by atoms with Gasteiger partial charge in [0.2, 0.25) is 0 Å². The van der Waals surface area contributed by atoms with Crippen LogP contribution in [0.4, 0.5) is 0 Å². The standard InChI is InChI=1S/C21H25N3OS/c1-15-7-10-26-18(15)20(25)22-19-16-11-23-8-9-24(12-16)14-21(19,13-23)17-5-3-2-4-6-17/h2-7,10,16,19H,8-9,11-14H2,1H3,(H,22,25). The van der Waals surface area contributed by atoms with E-state index in [1.807, 2.05) is 18.4 Å². The fourth-order valence-corrected chi connectivity index (χ4v) is 6.21. The number of aryl methyl sites for hydroxylation is 1. The molecule has 2 aromatic rings. The minimum absolute atomic E-state index is 0.0141. The Kier molecular flexibility index (Phi) is 3.92. The molecule has 6 rings (SSSR count). The highest BCUT2D eigenvalue weighted by Crippen LogP contribution is 2.43. The van der Waals surface area contributed by atoms with Gasteiger partial charge in [-0.3, -0.25) is 4.79 Å². The van der Waals surface area contributed by atoms with Crippen LogP contribution in [0, 0.1) is 12.8 Å². The van der Waals surface area contributed by atoms with Crippen molar-refractivity contribution in [2.75, 3.05) is 39.3 Å². The molecule has 1 N–H and O–H groups in total. The van der Waals surface area contributed by atoms with Crippen molar-refractivity contribution in [3.8, 4) is 0 Å². The molecule has 0 radical (unpaired) electrons. The molecular weight excluding hydrogens is 342 g/mol. The minimum atomic E-state index is -0.0141. The van der Waals surface area contributed by atoms with Crippen molar-refractivity contribution < 1.29 is 4.79 Å². The first-order valence-corrected chi connectivity index (χ1v) is 10.4. The minimum Gasteiger partial charge on any atom is -0.347 e. The van der Waals surface area contributed by atoms with Gasteiger partial charge in [0.1, 0.15) is 0 Å². The zero-order valence-corrected chi connectivity index (χ0v) is 16.0. The molecule has 5 heterocycles. The van der Waals surface area contributed by atoms with Crippen molar-refractivity contribution >= 4 is 17.2 Å². The molecule has 4 bridgehead atoms. The third kappa shape index (κ3) is 2.53. The Balaban J connectivity index is 1.54. The number of fused-ring (bicyclic) bond motifs is 1. The van der Waals surface area contributed by atoms with Crippen LogP contribution in [-0.4, -0.2) is 61.0 Å². The Morgan fingerprint density at radius 1 is 1.12 bits per heavy atom. The van der Waals surface area contributed by atoms with Crippen LogP contribution in [0.15, 0.2) is 41.8 Å². The number of piperidine rings is 2. The predicted octanol–water partition coefficient (Wildman–Crippen LogP) is 2.35. The smallest absolute Gasteiger partial charge is 0.261 e. The van der Waals surface area contributed by atoms with Gasteiger partial charge in [0, 0.05) is 56.6 Å². The van der Waals surface area contributed by atoms with Crippen LogP contribution in [0.3, 0.4) is 0 Å². The van der Waals surface area contributed by atoms with Crippen molar-refractivity contribution in [3.63, 3.8) is 0 Å². The number of hydrogen-bond acceptors (Lipinski definition) is 4. The molecular formula is C21H25N3OS. The molecule has 1 amide bonds. The third-order valence-electron chi connectivity index (χ3n) is 6.50. The maximum absolute atomic E-state index is 13.1. The van der Waals surface area contributed by atoms with E-state index in [2.05, 4.69) is 45.4 Å². The highest BCUT2D eigenvalue weighted by atomic mass is 32.1. The molecule has 4 fully saturated rings.